The number of rotatable bonds is 9. The van der Waals surface area contributed by atoms with E-state index < -0.39 is 5.41 Å². The lowest BCUT2D eigenvalue weighted by molar-refractivity contribution is 0.669. The predicted molar refractivity (Wildman–Crippen MR) is 315 cm³/mol. The van der Waals surface area contributed by atoms with Crippen LogP contribution in [0.1, 0.15) is 22.3 Å². The van der Waals surface area contributed by atoms with Crippen LogP contribution in [0.4, 0.5) is 17.1 Å². The molecule has 0 radical (unpaired) electrons. The van der Waals surface area contributed by atoms with Crippen LogP contribution in [0.2, 0.25) is 0 Å². The highest BCUT2D eigenvalue weighted by atomic mass is 16.3. The topological polar surface area (TPSA) is 29.5 Å². The van der Waals surface area contributed by atoms with E-state index in [0.29, 0.717) is 0 Å². The molecular formula is C73H47NO2. The van der Waals surface area contributed by atoms with Gasteiger partial charge in [0.05, 0.1) is 11.1 Å². The summed E-state index contributed by atoms with van der Waals surface area (Å²) >= 11 is 0. The summed E-state index contributed by atoms with van der Waals surface area (Å²) in [4.78, 5) is 2.45. The average Bonchev–Trinajstić information content (AvgIpc) is 4.29. The van der Waals surface area contributed by atoms with Crippen molar-refractivity contribution in [1.82, 2.24) is 0 Å². The minimum absolute atomic E-state index is 0.534. The molecule has 1 aliphatic carbocycles. The molecule has 3 heteroatoms. The first-order chi connectivity index (χ1) is 37.7. The van der Waals surface area contributed by atoms with Crippen molar-refractivity contribution in [3.8, 4) is 55.6 Å². The van der Waals surface area contributed by atoms with Crippen LogP contribution < -0.4 is 4.90 Å². The largest absolute Gasteiger partial charge is 0.455 e. The second-order valence-electron chi connectivity index (χ2n) is 19.9. The zero-order valence-electron chi connectivity index (χ0n) is 41.4. The lowest BCUT2D eigenvalue weighted by Crippen LogP contribution is -2.28. The molecule has 0 aliphatic heterocycles. The Hall–Kier alpha value is -9.96. The Balaban J connectivity index is 0.836. The van der Waals surface area contributed by atoms with E-state index in [0.717, 1.165) is 105 Å². The van der Waals surface area contributed by atoms with Gasteiger partial charge in [0, 0.05) is 49.6 Å². The minimum atomic E-state index is -0.534. The van der Waals surface area contributed by atoms with E-state index in [2.05, 4.69) is 266 Å². The van der Waals surface area contributed by atoms with Gasteiger partial charge in [0.15, 0.2) is 0 Å². The maximum atomic E-state index is 6.43. The summed E-state index contributed by atoms with van der Waals surface area (Å²) < 4.78 is 12.9. The lowest BCUT2D eigenvalue weighted by atomic mass is 9.68. The van der Waals surface area contributed by atoms with Crippen molar-refractivity contribution in [2.75, 3.05) is 4.90 Å². The fraction of sp³-hybridized carbons (Fsp3) is 0.0137. The van der Waals surface area contributed by atoms with Crippen LogP contribution in [-0.4, -0.2) is 0 Å². The molecule has 0 bridgehead atoms. The van der Waals surface area contributed by atoms with Crippen LogP contribution in [0.3, 0.4) is 0 Å². The zero-order valence-corrected chi connectivity index (χ0v) is 41.4. The van der Waals surface area contributed by atoms with Crippen molar-refractivity contribution in [3.05, 3.63) is 307 Å². The van der Waals surface area contributed by atoms with E-state index in [1.165, 1.54) is 33.4 Å². The zero-order chi connectivity index (χ0) is 50.2. The van der Waals surface area contributed by atoms with E-state index in [4.69, 9.17) is 8.83 Å². The molecule has 0 N–H and O–H groups in total. The van der Waals surface area contributed by atoms with Crippen molar-refractivity contribution < 1.29 is 8.83 Å². The van der Waals surface area contributed by atoms with Crippen LogP contribution in [0.5, 0.6) is 0 Å². The van der Waals surface area contributed by atoms with Gasteiger partial charge in [0.25, 0.3) is 0 Å². The van der Waals surface area contributed by atoms with Crippen molar-refractivity contribution in [3.63, 3.8) is 0 Å². The van der Waals surface area contributed by atoms with Gasteiger partial charge in [-0.2, -0.15) is 0 Å². The Labute approximate surface area is 440 Å². The van der Waals surface area contributed by atoms with Gasteiger partial charge in [0.1, 0.15) is 22.3 Å². The van der Waals surface area contributed by atoms with Gasteiger partial charge in [-0.25, -0.2) is 0 Å². The number of fused-ring (bicyclic) bond motifs is 9. The molecule has 76 heavy (non-hydrogen) atoms. The van der Waals surface area contributed by atoms with Gasteiger partial charge in [-0.1, -0.05) is 243 Å². The molecule has 12 aromatic carbocycles. The Bertz CT molecular complexity index is 4230. The average molecular weight is 970 g/mol. The molecule has 3 nitrogen and oxygen atoms in total. The summed E-state index contributed by atoms with van der Waals surface area (Å²) in [7, 11) is 0. The van der Waals surface area contributed by atoms with Crippen LogP contribution in [0.25, 0.3) is 99.5 Å². The Kier molecular flexibility index (Phi) is 10.1. The lowest BCUT2D eigenvalue weighted by Gasteiger charge is -2.34. The Morgan fingerprint density at radius 3 is 1.13 bits per heavy atom. The first kappa shape index (κ1) is 43.6. The number of nitrogens with zero attached hydrogens (tertiary/aromatic N) is 1. The normalized spacial score (nSPS) is 12.6. The highest BCUT2D eigenvalue weighted by Crippen LogP contribution is 2.59. The molecule has 14 aromatic rings. The highest BCUT2D eigenvalue weighted by molar-refractivity contribution is 6.11. The highest BCUT2D eigenvalue weighted by Gasteiger charge is 2.47. The van der Waals surface area contributed by atoms with E-state index >= 15 is 0 Å². The molecule has 0 spiro atoms. The van der Waals surface area contributed by atoms with Gasteiger partial charge < -0.3 is 13.7 Å². The monoisotopic (exact) mass is 969 g/mol. The number of hydrogen-bond acceptors (Lipinski definition) is 3. The van der Waals surface area contributed by atoms with Gasteiger partial charge in [-0.3, -0.25) is 0 Å². The van der Waals surface area contributed by atoms with Gasteiger partial charge >= 0.3 is 0 Å². The van der Waals surface area contributed by atoms with E-state index in [-0.39, 0.29) is 0 Å². The third-order valence-corrected chi connectivity index (χ3v) is 15.8. The summed E-state index contributed by atoms with van der Waals surface area (Å²) in [6.07, 6.45) is 0. The number of hydrogen-bond donors (Lipinski definition) is 0. The minimum Gasteiger partial charge on any atom is -0.455 e. The summed E-state index contributed by atoms with van der Waals surface area (Å²) in [5.41, 5.74) is 22.8. The third-order valence-electron chi connectivity index (χ3n) is 15.8. The maximum absolute atomic E-state index is 6.43. The van der Waals surface area contributed by atoms with Gasteiger partial charge in [-0.15, -0.1) is 0 Å². The molecule has 0 fully saturated rings. The van der Waals surface area contributed by atoms with Crippen LogP contribution >= 0.6 is 0 Å². The fourth-order valence-corrected chi connectivity index (χ4v) is 12.3. The molecule has 15 rings (SSSR count). The SMILES string of the molecule is c1ccc(C2(c3ccccc3)c3ccccc3-c3c(N(c4ccc(-c5ccc(-c6cccc7c6oc6ccccc67)cc5)cc4)c4ccc(-c5ccc(-c6cccc7c6oc6ccccc67)cc5)cc4)cccc32)cc1. The number of benzene rings is 12. The number of furan rings is 2. The Morgan fingerprint density at radius 2 is 0.632 bits per heavy atom. The first-order valence-electron chi connectivity index (χ1n) is 26.1. The summed E-state index contributed by atoms with van der Waals surface area (Å²) in [6, 6.07) is 103. The standard InChI is InChI=1S/C73H47NO2/c1-3-16-54(17-4-1)73(55-18-5-2-6-19-55)65-27-10-7-22-64(65)70-66(73)28-15-29-67(70)74(56-44-40-50(41-45-56)48-32-36-52(37-33-48)58-23-13-25-62-60-20-8-11-30-68(60)75-71(58)62)57-46-42-51(43-47-57)49-34-38-53(39-35-49)59-24-14-26-63-61-21-9-12-31-69(61)76-72(59)63/h1-47H. The van der Waals surface area contributed by atoms with Gasteiger partial charge in [0.2, 0.25) is 0 Å². The van der Waals surface area contributed by atoms with Crippen molar-refractivity contribution >= 4 is 60.9 Å². The van der Waals surface area contributed by atoms with E-state index in [1.54, 1.807) is 0 Å². The molecule has 0 saturated carbocycles. The quantitative estimate of drug-likeness (QED) is 0.144. The summed E-state index contributed by atoms with van der Waals surface area (Å²) in [5, 5.41) is 4.54. The van der Waals surface area contributed by atoms with Crippen molar-refractivity contribution in [2.24, 2.45) is 0 Å². The number of para-hydroxylation sites is 4. The first-order valence-corrected chi connectivity index (χ1v) is 26.1. The molecule has 2 heterocycles. The molecule has 1 aliphatic rings. The van der Waals surface area contributed by atoms with Crippen LogP contribution in [0, 0.1) is 0 Å². The predicted octanol–water partition coefficient (Wildman–Crippen LogP) is 20.0. The second kappa shape index (κ2) is 17.6. The molecule has 0 atom stereocenters. The second-order valence-corrected chi connectivity index (χ2v) is 19.9. The summed E-state index contributed by atoms with van der Waals surface area (Å²) in [5.74, 6) is 0. The summed E-state index contributed by atoms with van der Waals surface area (Å²) in [6.45, 7) is 0. The van der Waals surface area contributed by atoms with E-state index in [9.17, 15) is 0 Å². The van der Waals surface area contributed by atoms with Crippen LogP contribution in [-0.2, 0) is 5.41 Å². The molecule has 356 valence electrons. The maximum Gasteiger partial charge on any atom is 0.143 e. The number of anilines is 3. The van der Waals surface area contributed by atoms with Crippen LogP contribution in [0.15, 0.2) is 294 Å². The third kappa shape index (κ3) is 6.83. The van der Waals surface area contributed by atoms with E-state index in [1.807, 2.05) is 24.3 Å². The molecular weight excluding hydrogens is 923 g/mol. The van der Waals surface area contributed by atoms with Crippen molar-refractivity contribution in [2.45, 2.75) is 5.41 Å². The molecule has 2 aromatic heterocycles. The molecule has 0 unspecified atom stereocenters. The smallest absolute Gasteiger partial charge is 0.143 e. The Morgan fingerprint density at radius 1 is 0.263 bits per heavy atom. The van der Waals surface area contributed by atoms with Gasteiger partial charge in [-0.05, 0) is 104 Å². The fourth-order valence-electron chi connectivity index (χ4n) is 12.3. The molecule has 0 saturated heterocycles. The van der Waals surface area contributed by atoms with Crippen molar-refractivity contribution in [1.29, 1.82) is 0 Å². The molecule has 0 amide bonds.